The predicted molar refractivity (Wildman–Crippen MR) is 76.7 cm³/mol. The maximum Gasteiger partial charge on any atom is 0.106 e. The minimum absolute atomic E-state index is 0.130. The van der Waals surface area contributed by atoms with E-state index >= 15 is 0 Å². The van der Waals surface area contributed by atoms with E-state index in [4.69, 9.17) is 23.1 Å². The molecule has 0 fully saturated rings. The van der Waals surface area contributed by atoms with E-state index in [-0.39, 0.29) is 6.61 Å². The second kappa shape index (κ2) is 6.57. The highest BCUT2D eigenvalue weighted by Gasteiger charge is 2.12. The maximum atomic E-state index is 9.10. The largest absolute Gasteiger partial charge is 0.395 e. The van der Waals surface area contributed by atoms with E-state index in [9.17, 15) is 0 Å². The van der Waals surface area contributed by atoms with Crippen LogP contribution in [0, 0.1) is 6.92 Å². The minimum Gasteiger partial charge on any atom is -0.395 e. The molecule has 0 radical (unpaired) electrons. The first kappa shape index (κ1) is 13.9. The van der Waals surface area contributed by atoms with Gasteiger partial charge in [-0.15, -0.1) is 0 Å². The quantitative estimate of drug-likeness (QED) is 0.759. The second-order valence-corrected chi connectivity index (χ2v) is 4.54. The molecule has 0 spiro atoms. The van der Waals surface area contributed by atoms with E-state index in [1.54, 1.807) is 0 Å². The molecule has 3 nitrogen and oxygen atoms in total. The number of anilines is 1. The molecule has 94 valence electrons. The fourth-order valence-corrected chi connectivity index (χ4v) is 2.03. The molecular weight excluding hydrogens is 232 g/mol. The van der Waals surface area contributed by atoms with E-state index in [2.05, 4.69) is 11.8 Å². The summed E-state index contributed by atoms with van der Waals surface area (Å²) < 4.78 is 0. The van der Waals surface area contributed by atoms with Gasteiger partial charge in [0.05, 0.1) is 6.61 Å². The number of rotatable bonds is 6. The second-order valence-electron chi connectivity index (χ2n) is 4.10. The van der Waals surface area contributed by atoms with Gasteiger partial charge in [-0.05, 0) is 25.5 Å². The molecule has 1 rings (SSSR count). The first-order valence-electron chi connectivity index (χ1n) is 5.86. The van der Waals surface area contributed by atoms with Gasteiger partial charge in [0.15, 0.2) is 0 Å². The third-order valence-corrected chi connectivity index (χ3v) is 2.84. The van der Waals surface area contributed by atoms with E-state index in [1.165, 1.54) is 0 Å². The number of aryl methyl sites for hydroxylation is 1. The smallest absolute Gasteiger partial charge is 0.106 e. The first-order valence-corrected chi connectivity index (χ1v) is 6.27. The molecular formula is C13H20N2OS. The monoisotopic (exact) mass is 252 g/mol. The minimum atomic E-state index is 0.130. The van der Waals surface area contributed by atoms with Crippen molar-refractivity contribution < 1.29 is 5.11 Å². The van der Waals surface area contributed by atoms with Crippen molar-refractivity contribution in [1.29, 1.82) is 0 Å². The molecule has 0 bridgehead atoms. The molecule has 1 aromatic rings. The summed E-state index contributed by atoms with van der Waals surface area (Å²) in [5.41, 5.74) is 8.80. The zero-order valence-electron chi connectivity index (χ0n) is 10.4. The van der Waals surface area contributed by atoms with Crippen LogP contribution in [0.15, 0.2) is 18.2 Å². The van der Waals surface area contributed by atoms with Gasteiger partial charge in [0.2, 0.25) is 0 Å². The molecule has 0 aliphatic rings. The van der Waals surface area contributed by atoms with Gasteiger partial charge in [0.25, 0.3) is 0 Å². The molecule has 0 aliphatic carbocycles. The number of hydrogen-bond acceptors (Lipinski definition) is 3. The van der Waals surface area contributed by atoms with Crippen molar-refractivity contribution in [3.05, 3.63) is 29.3 Å². The van der Waals surface area contributed by atoms with Gasteiger partial charge in [-0.1, -0.05) is 30.8 Å². The van der Waals surface area contributed by atoms with Gasteiger partial charge in [0, 0.05) is 24.3 Å². The molecule has 0 unspecified atom stereocenters. The lowest BCUT2D eigenvalue weighted by atomic mass is 10.1. The Bertz CT molecular complexity index is 387. The van der Waals surface area contributed by atoms with Crippen LogP contribution in [0.2, 0.25) is 0 Å². The molecule has 0 aromatic heterocycles. The summed E-state index contributed by atoms with van der Waals surface area (Å²) in [7, 11) is 0. The Kier molecular flexibility index (Phi) is 5.38. The van der Waals surface area contributed by atoms with Crippen LogP contribution in [0.4, 0.5) is 5.69 Å². The van der Waals surface area contributed by atoms with Crippen molar-refractivity contribution in [2.45, 2.75) is 20.3 Å². The van der Waals surface area contributed by atoms with E-state index in [0.29, 0.717) is 11.5 Å². The van der Waals surface area contributed by atoms with Crippen molar-refractivity contribution in [2.75, 3.05) is 24.6 Å². The Hall–Kier alpha value is -1.13. The number of hydrogen-bond donors (Lipinski definition) is 2. The van der Waals surface area contributed by atoms with Crippen molar-refractivity contribution >= 4 is 22.9 Å². The van der Waals surface area contributed by atoms with Crippen LogP contribution < -0.4 is 10.6 Å². The number of aliphatic hydroxyl groups is 1. The molecule has 0 heterocycles. The topological polar surface area (TPSA) is 49.5 Å². The average molecular weight is 252 g/mol. The standard InChI is InChI=1S/C13H20N2OS/c1-3-6-15(7-8-16)12-5-4-10(2)9-11(12)13(14)17/h4-5,9,16H,3,6-8H2,1-2H3,(H2,14,17). The summed E-state index contributed by atoms with van der Waals surface area (Å²) in [4.78, 5) is 2.52. The van der Waals surface area contributed by atoms with Crippen LogP contribution >= 0.6 is 12.2 Å². The summed E-state index contributed by atoms with van der Waals surface area (Å²) in [5.74, 6) is 0. The van der Waals surface area contributed by atoms with Crippen molar-refractivity contribution in [1.82, 2.24) is 0 Å². The van der Waals surface area contributed by atoms with Crippen LogP contribution in [0.5, 0.6) is 0 Å². The van der Waals surface area contributed by atoms with Crippen LogP contribution in [-0.4, -0.2) is 29.8 Å². The summed E-state index contributed by atoms with van der Waals surface area (Å²) in [5, 5.41) is 9.10. The summed E-state index contributed by atoms with van der Waals surface area (Å²) in [6.45, 7) is 5.75. The van der Waals surface area contributed by atoms with Crippen LogP contribution in [0.3, 0.4) is 0 Å². The molecule has 0 aliphatic heterocycles. The molecule has 4 heteroatoms. The zero-order valence-corrected chi connectivity index (χ0v) is 11.3. The fraction of sp³-hybridized carbons (Fsp3) is 0.462. The van der Waals surface area contributed by atoms with Crippen LogP contribution in [0.1, 0.15) is 24.5 Å². The van der Waals surface area contributed by atoms with Crippen LogP contribution in [-0.2, 0) is 0 Å². The third kappa shape index (κ3) is 3.68. The highest BCUT2D eigenvalue weighted by molar-refractivity contribution is 7.80. The summed E-state index contributed by atoms with van der Waals surface area (Å²) >= 11 is 5.09. The zero-order chi connectivity index (χ0) is 12.8. The molecule has 0 amide bonds. The van der Waals surface area contributed by atoms with Crippen LogP contribution in [0.25, 0.3) is 0 Å². The van der Waals surface area contributed by atoms with Gasteiger partial charge < -0.3 is 15.7 Å². The number of nitrogens with zero attached hydrogens (tertiary/aromatic N) is 1. The van der Waals surface area contributed by atoms with Crippen molar-refractivity contribution in [3.63, 3.8) is 0 Å². The Labute approximate surface area is 108 Å². The molecule has 3 N–H and O–H groups in total. The van der Waals surface area contributed by atoms with Crippen molar-refractivity contribution in [3.8, 4) is 0 Å². The number of aliphatic hydroxyl groups excluding tert-OH is 1. The molecule has 0 saturated carbocycles. The highest BCUT2D eigenvalue weighted by atomic mass is 32.1. The van der Waals surface area contributed by atoms with Gasteiger partial charge in [-0.25, -0.2) is 0 Å². The van der Waals surface area contributed by atoms with E-state index < -0.39 is 0 Å². The third-order valence-electron chi connectivity index (χ3n) is 2.62. The first-order chi connectivity index (χ1) is 8.10. The Morgan fingerprint density at radius 3 is 2.65 bits per heavy atom. The summed E-state index contributed by atoms with van der Waals surface area (Å²) in [6, 6.07) is 6.06. The Morgan fingerprint density at radius 1 is 1.41 bits per heavy atom. The normalized spacial score (nSPS) is 10.3. The molecule has 17 heavy (non-hydrogen) atoms. The Balaban J connectivity index is 3.12. The highest BCUT2D eigenvalue weighted by Crippen LogP contribution is 2.22. The lowest BCUT2D eigenvalue weighted by molar-refractivity contribution is 0.302. The van der Waals surface area contributed by atoms with Gasteiger partial charge in [-0.3, -0.25) is 0 Å². The number of thiocarbonyl (C=S) groups is 1. The number of benzene rings is 1. The molecule has 0 saturated heterocycles. The predicted octanol–water partition coefficient (Wildman–Crippen LogP) is 1.84. The Morgan fingerprint density at radius 2 is 2.12 bits per heavy atom. The lowest BCUT2D eigenvalue weighted by Crippen LogP contribution is -2.29. The average Bonchev–Trinajstić information content (AvgIpc) is 2.28. The summed E-state index contributed by atoms with van der Waals surface area (Å²) in [6.07, 6.45) is 1.02. The lowest BCUT2D eigenvalue weighted by Gasteiger charge is -2.26. The van der Waals surface area contributed by atoms with Crippen molar-refractivity contribution in [2.24, 2.45) is 5.73 Å². The van der Waals surface area contributed by atoms with Gasteiger partial charge in [-0.2, -0.15) is 0 Å². The van der Waals surface area contributed by atoms with Gasteiger partial charge >= 0.3 is 0 Å². The van der Waals surface area contributed by atoms with Gasteiger partial charge in [0.1, 0.15) is 4.99 Å². The molecule has 0 atom stereocenters. The SMILES string of the molecule is CCCN(CCO)c1ccc(C)cc1C(N)=S. The maximum absolute atomic E-state index is 9.10. The van der Waals surface area contributed by atoms with E-state index in [0.717, 1.165) is 29.8 Å². The van der Waals surface area contributed by atoms with E-state index in [1.807, 2.05) is 25.1 Å². The molecule has 1 aromatic carbocycles. The number of nitrogens with two attached hydrogens (primary N) is 1. The fourth-order valence-electron chi connectivity index (χ4n) is 1.87.